The third-order valence-electron chi connectivity index (χ3n) is 2.97. The van der Waals surface area contributed by atoms with Gasteiger partial charge < -0.3 is 0 Å². The zero-order valence-electron chi connectivity index (χ0n) is 13.8. The normalized spacial score (nSPS) is 15.8. The SMILES string of the molecule is Cc1ccc([As](=O)(O)OC(C)(C)CCOC(C)(C)C)cc1. The van der Waals surface area contributed by atoms with Gasteiger partial charge in [-0.05, 0) is 0 Å². The summed E-state index contributed by atoms with van der Waals surface area (Å²) in [6.45, 7) is 12.0. The second-order valence-electron chi connectivity index (χ2n) is 6.92. The van der Waals surface area contributed by atoms with Crippen LogP contribution in [-0.4, -0.2) is 36.1 Å². The zero-order chi connectivity index (χ0) is 16.3. The fourth-order valence-corrected chi connectivity index (χ4v) is 4.69. The van der Waals surface area contributed by atoms with E-state index in [1.807, 2.05) is 53.7 Å². The Labute approximate surface area is 130 Å². The molecule has 1 atom stereocenters. The molecule has 0 fully saturated rings. The third-order valence-corrected chi connectivity index (χ3v) is 6.52. The van der Waals surface area contributed by atoms with E-state index in [2.05, 4.69) is 0 Å². The summed E-state index contributed by atoms with van der Waals surface area (Å²) >= 11 is -4.52. The summed E-state index contributed by atoms with van der Waals surface area (Å²) < 4.78 is 34.3. The molecule has 0 heterocycles. The predicted octanol–water partition coefficient (Wildman–Crippen LogP) is 2.56. The van der Waals surface area contributed by atoms with Gasteiger partial charge in [-0.15, -0.1) is 0 Å². The zero-order valence-corrected chi connectivity index (χ0v) is 15.7. The van der Waals surface area contributed by atoms with Crippen LogP contribution in [0.5, 0.6) is 0 Å². The van der Waals surface area contributed by atoms with E-state index in [1.165, 1.54) is 0 Å². The molecule has 0 radical (unpaired) electrons. The molecule has 1 N–H and O–H groups in total. The number of hydrogen-bond acceptors (Lipinski definition) is 3. The summed E-state index contributed by atoms with van der Waals surface area (Å²) in [5.74, 6) is 0. The fraction of sp³-hybridized carbons (Fsp3) is 0.625. The first-order valence-corrected chi connectivity index (χ1v) is 10.5. The van der Waals surface area contributed by atoms with Crippen molar-refractivity contribution in [3.05, 3.63) is 29.8 Å². The fourth-order valence-electron chi connectivity index (χ4n) is 1.77. The molecule has 0 saturated heterocycles. The number of rotatable bonds is 6. The van der Waals surface area contributed by atoms with Crippen molar-refractivity contribution in [2.24, 2.45) is 0 Å². The first-order chi connectivity index (χ1) is 9.41. The molecule has 0 amide bonds. The maximum atomic E-state index is 12.5. The van der Waals surface area contributed by atoms with Gasteiger partial charge in [0, 0.05) is 0 Å². The van der Waals surface area contributed by atoms with Crippen LogP contribution in [0.25, 0.3) is 0 Å². The Bertz CT molecular complexity index is 500. The van der Waals surface area contributed by atoms with E-state index in [0.717, 1.165) is 5.56 Å². The molecule has 0 saturated carbocycles. The molecular weight excluding hydrogens is 331 g/mol. The van der Waals surface area contributed by atoms with Gasteiger partial charge in [0.05, 0.1) is 0 Å². The molecule has 120 valence electrons. The molecule has 0 aromatic heterocycles. The van der Waals surface area contributed by atoms with Gasteiger partial charge in [0.25, 0.3) is 0 Å². The molecule has 1 unspecified atom stereocenters. The molecule has 0 aliphatic carbocycles. The Morgan fingerprint density at radius 2 is 1.62 bits per heavy atom. The number of ether oxygens (including phenoxy) is 1. The summed E-state index contributed by atoms with van der Waals surface area (Å²) in [5.41, 5.74) is 0.118. The average molecular weight is 358 g/mol. The van der Waals surface area contributed by atoms with Crippen molar-refractivity contribution in [1.82, 2.24) is 0 Å². The molecule has 0 aliphatic rings. The van der Waals surface area contributed by atoms with Crippen molar-refractivity contribution in [2.45, 2.75) is 59.2 Å². The van der Waals surface area contributed by atoms with Crippen LogP contribution in [0.15, 0.2) is 24.3 Å². The van der Waals surface area contributed by atoms with Crippen LogP contribution in [0, 0.1) is 6.92 Å². The summed E-state index contributed by atoms with van der Waals surface area (Å²) in [5, 5.41) is 0. The van der Waals surface area contributed by atoms with Gasteiger partial charge in [0.15, 0.2) is 0 Å². The molecule has 1 aromatic rings. The van der Waals surface area contributed by atoms with Gasteiger partial charge in [-0.2, -0.15) is 0 Å². The standard InChI is InChI=1S/C16H27AsO4/c1-13-7-9-14(10-8-13)17(18,19)21-16(5,6)11-12-20-15(2,3)4/h7-10H,11-12H2,1-6H3,(H,18,19). The van der Waals surface area contributed by atoms with E-state index >= 15 is 0 Å². The molecule has 0 aliphatic heterocycles. The van der Waals surface area contributed by atoms with E-state index in [1.54, 1.807) is 12.1 Å². The first kappa shape index (κ1) is 18.5. The Morgan fingerprint density at radius 1 is 1.10 bits per heavy atom. The summed E-state index contributed by atoms with van der Waals surface area (Å²) in [4.78, 5) is 0. The monoisotopic (exact) mass is 358 g/mol. The van der Waals surface area contributed by atoms with Gasteiger partial charge >= 0.3 is 130 Å². The van der Waals surface area contributed by atoms with Crippen molar-refractivity contribution < 1.29 is 16.3 Å². The number of aryl methyl sites for hydroxylation is 1. The van der Waals surface area contributed by atoms with E-state index in [9.17, 15) is 7.84 Å². The molecule has 4 nitrogen and oxygen atoms in total. The van der Waals surface area contributed by atoms with Gasteiger partial charge in [0.1, 0.15) is 0 Å². The van der Waals surface area contributed by atoms with E-state index in [0.29, 0.717) is 17.4 Å². The van der Waals surface area contributed by atoms with Crippen molar-refractivity contribution in [3.8, 4) is 0 Å². The van der Waals surface area contributed by atoms with Gasteiger partial charge in [-0.3, -0.25) is 0 Å². The van der Waals surface area contributed by atoms with Crippen LogP contribution in [-0.2, 0) is 12.2 Å². The topological polar surface area (TPSA) is 55.8 Å². The third kappa shape index (κ3) is 6.83. The summed E-state index contributed by atoms with van der Waals surface area (Å²) in [7, 11) is 0. The van der Waals surface area contributed by atoms with Crippen LogP contribution in [0.2, 0.25) is 0 Å². The van der Waals surface area contributed by atoms with Crippen LogP contribution in [0.1, 0.15) is 46.6 Å². The minimum absolute atomic E-state index is 0.221. The molecule has 1 rings (SSSR count). The van der Waals surface area contributed by atoms with Gasteiger partial charge in [0.2, 0.25) is 0 Å². The van der Waals surface area contributed by atoms with Crippen LogP contribution in [0.4, 0.5) is 0 Å². The molecule has 21 heavy (non-hydrogen) atoms. The average Bonchev–Trinajstić information content (AvgIpc) is 2.25. The second kappa shape index (κ2) is 6.70. The number of benzene rings is 1. The Kier molecular flexibility index (Phi) is 5.90. The maximum absolute atomic E-state index is 12.5. The van der Waals surface area contributed by atoms with Crippen molar-refractivity contribution in [1.29, 1.82) is 0 Å². The summed E-state index contributed by atoms with van der Waals surface area (Å²) in [6, 6.07) is 6.96. The molecular formula is C16H27AsO4. The van der Waals surface area contributed by atoms with E-state index in [4.69, 9.17) is 8.46 Å². The molecule has 1 aromatic carbocycles. The van der Waals surface area contributed by atoms with E-state index < -0.39 is 19.8 Å². The minimum atomic E-state index is -4.52. The Balaban J connectivity index is 2.68. The van der Waals surface area contributed by atoms with Gasteiger partial charge in [-0.25, -0.2) is 0 Å². The quantitative estimate of drug-likeness (QED) is 0.794. The van der Waals surface area contributed by atoms with Crippen LogP contribution < -0.4 is 4.35 Å². The molecule has 5 heteroatoms. The molecule has 0 spiro atoms. The first-order valence-electron chi connectivity index (χ1n) is 7.16. The van der Waals surface area contributed by atoms with Gasteiger partial charge in [-0.1, -0.05) is 0 Å². The van der Waals surface area contributed by atoms with Crippen LogP contribution >= 0.6 is 0 Å². The Morgan fingerprint density at radius 3 is 2.10 bits per heavy atom. The van der Waals surface area contributed by atoms with Crippen molar-refractivity contribution >= 4 is 18.5 Å². The second-order valence-corrected chi connectivity index (χ2v) is 10.6. The Hall–Kier alpha value is -0.542. The molecule has 0 bridgehead atoms. The van der Waals surface area contributed by atoms with Crippen molar-refractivity contribution in [3.63, 3.8) is 0 Å². The predicted molar refractivity (Wildman–Crippen MR) is 85.0 cm³/mol. The van der Waals surface area contributed by atoms with E-state index in [-0.39, 0.29) is 5.60 Å². The summed E-state index contributed by atoms with van der Waals surface area (Å²) in [6.07, 6.45) is 0.558. The number of hydrogen-bond donors (Lipinski definition) is 1. The van der Waals surface area contributed by atoms with Crippen LogP contribution in [0.3, 0.4) is 0 Å². The van der Waals surface area contributed by atoms with Crippen molar-refractivity contribution in [2.75, 3.05) is 6.61 Å².